The van der Waals surface area contributed by atoms with E-state index in [4.69, 9.17) is 9.94 Å². The van der Waals surface area contributed by atoms with Crippen LogP contribution in [0.15, 0.2) is 48.7 Å². The predicted octanol–water partition coefficient (Wildman–Crippen LogP) is 1.53. The lowest BCUT2D eigenvalue weighted by Crippen LogP contribution is -2.52. The first-order valence-electron chi connectivity index (χ1n) is 11.1. The van der Waals surface area contributed by atoms with Crippen molar-refractivity contribution in [2.75, 3.05) is 45.2 Å². The summed E-state index contributed by atoms with van der Waals surface area (Å²) >= 11 is 0. The van der Waals surface area contributed by atoms with Gasteiger partial charge in [-0.15, -0.1) is 0 Å². The van der Waals surface area contributed by atoms with Crippen molar-refractivity contribution >= 4 is 18.0 Å². The molecule has 0 saturated carbocycles. The summed E-state index contributed by atoms with van der Waals surface area (Å²) in [6.07, 6.45) is 2.90. The second kappa shape index (κ2) is 14.2. The first kappa shape index (κ1) is 26.2. The highest BCUT2D eigenvalue weighted by Crippen LogP contribution is 2.20. The van der Waals surface area contributed by atoms with E-state index < -0.39 is 12.0 Å². The van der Waals surface area contributed by atoms with Gasteiger partial charge < -0.3 is 29.6 Å². The second-order valence-corrected chi connectivity index (χ2v) is 7.70. The molecule has 1 aliphatic heterocycles. The van der Waals surface area contributed by atoms with Crippen molar-refractivity contribution in [3.63, 3.8) is 0 Å². The SMILES string of the molecule is CNO.COc1ccc(CCCC(C(=O)N2CCN(c3ccccn3)CC2)C(O)C=O)cc1. The summed E-state index contributed by atoms with van der Waals surface area (Å²) in [5.41, 5.74) is 2.88. The Labute approximate surface area is 195 Å². The standard InChI is InChI=1S/C23H29N3O4.CH5NO/c1-30-19-10-8-18(9-11-19)5-4-6-20(21(28)17-27)23(29)26-15-13-25(14-16-26)22-7-2-3-12-24-22;1-2-3/h2-3,7-12,17,20-21,28H,4-6,13-16H2,1H3;2-3H,1H3. The fourth-order valence-corrected chi connectivity index (χ4v) is 3.78. The number of aliphatic hydroxyl groups excluding tert-OH is 1. The zero-order chi connectivity index (χ0) is 24.1. The molecule has 1 amide bonds. The number of carbonyl (C=O) groups is 2. The molecule has 1 fully saturated rings. The molecular formula is C24H34N4O5. The van der Waals surface area contributed by atoms with Crippen molar-refractivity contribution in [2.24, 2.45) is 5.92 Å². The lowest BCUT2D eigenvalue weighted by atomic mass is 9.93. The number of carbonyl (C=O) groups excluding carboxylic acids is 2. The average Bonchev–Trinajstić information content (AvgIpc) is 2.87. The predicted molar refractivity (Wildman–Crippen MR) is 125 cm³/mol. The molecule has 0 spiro atoms. The summed E-state index contributed by atoms with van der Waals surface area (Å²) in [5, 5.41) is 17.5. The number of hydrogen-bond donors (Lipinski definition) is 3. The van der Waals surface area contributed by atoms with E-state index in [1.807, 2.05) is 42.5 Å². The van der Waals surface area contributed by atoms with Crippen LogP contribution in [0, 0.1) is 5.92 Å². The number of piperazine rings is 1. The molecule has 180 valence electrons. The summed E-state index contributed by atoms with van der Waals surface area (Å²) in [6.45, 7) is 2.46. The summed E-state index contributed by atoms with van der Waals surface area (Å²) in [4.78, 5) is 32.5. The fourth-order valence-electron chi connectivity index (χ4n) is 3.78. The largest absolute Gasteiger partial charge is 0.497 e. The number of benzene rings is 1. The Morgan fingerprint density at radius 2 is 1.85 bits per heavy atom. The van der Waals surface area contributed by atoms with E-state index in [0.29, 0.717) is 45.3 Å². The molecule has 0 radical (unpaired) electrons. The molecule has 2 aromatic rings. The van der Waals surface area contributed by atoms with Gasteiger partial charge in [0.15, 0.2) is 0 Å². The Bertz CT molecular complexity index is 827. The number of aliphatic hydroxyl groups is 1. The van der Waals surface area contributed by atoms with Gasteiger partial charge in [0.25, 0.3) is 0 Å². The van der Waals surface area contributed by atoms with Crippen LogP contribution in [-0.4, -0.2) is 78.8 Å². The minimum Gasteiger partial charge on any atom is -0.497 e. The van der Waals surface area contributed by atoms with Gasteiger partial charge in [0, 0.05) is 39.4 Å². The third-order valence-electron chi connectivity index (χ3n) is 5.57. The van der Waals surface area contributed by atoms with Gasteiger partial charge in [-0.05, 0) is 49.1 Å². The van der Waals surface area contributed by atoms with Crippen LogP contribution in [0.2, 0.25) is 0 Å². The highest BCUT2D eigenvalue weighted by atomic mass is 16.5. The minimum absolute atomic E-state index is 0.148. The number of aldehydes is 1. The molecule has 33 heavy (non-hydrogen) atoms. The number of ether oxygens (including phenoxy) is 1. The fraction of sp³-hybridized carbons (Fsp3) is 0.458. The highest BCUT2D eigenvalue weighted by molar-refractivity contribution is 5.83. The number of aryl methyl sites for hydroxylation is 1. The van der Waals surface area contributed by atoms with Crippen LogP contribution in [-0.2, 0) is 16.0 Å². The van der Waals surface area contributed by atoms with Gasteiger partial charge in [0.1, 0.15) is 24.0 Å². The molecule has 2 unspecified atom stereocenters. The molecule has 9 nitrogen and oxygen atoms in total. The molecule has 1 saturated heterocycles. The molecular weight excluding hydrogens is 424 g/mol. The molecule has 9 heteroatoms. The van der Waals surface area contributed by atoms with E-state index >= 15 is 0 Å². The van der Waals surface area contributed by atoms with E-state index in [-0.39, 0.29) is 5.91 Å². The number of aromatic nitrogens is 1. The summed E-state index contributed by atoms with van der Waals surface area (Å²) in [6, 6.07) is 13.6. The van der Waals surface area contributed by atoms with Crippen LogP contribution in [0.3, 0.4) is 0 Å². The van der Waals surface area contributed by atoms with Crippen LogP contribution >= 0.6 is 0 Å². The van der Waals surface area contributed by atoms with Gasteiger partial charge in [0.2, 0.25) is 5.91 Å². The summed E-state index contributed by atoms with van der Waals surface area (Å²) in [7, 11) is 3.06. The van der Waals surface area contributed by atoms with Crippen molar-refractivity contribution < 1.29 is 24.6 Å². The topological polar surface area (TPSA) is 115 Å². The van der Waals surface area contributed by atoms with E-state index in [0.717, 1.165) is 23.6 Å². The average molecular weight is 459 g/mol. The zero-order valence-corrected chi connectivity index (χ0v) is 19.3. The summed E-state index contributed by atoms with van der Waals surface area (Å²) < 4.78 is 5.16. The normalized spacial score (nSPS) is 15.2. The molecule has 1 aliphatic rings. The Morgan fingerprint density at radius 3 is 2.39 bits per heavy atom. The Balaban J connectivity index is 0.00000122. The number of nitrogens with zero attached hydrogens (tertiary/aromatic N) is 3. The number of hydroxylamine groups is 1. The highest BCUT2D eigenvalue weighted by Gasteiger charge is 2.32. The van der Waals surface area contributed by atoms with Gasteiger partial charge >= 0.3 is 0 Å². The Hall–Kier alpha value is -3.01. The number of methoxy groups -OCH3 is 1. The number of hydrogen-bond acceptors (Lipinski definition) is 8. The molecule has 1 aromatic carbocycles. The van der Waals surface area contributed by atoms with Crippen molar-refractivity contribution in [2.45, 2.75) is 25.4 Å². The maximum atomic E-state index is 13.0. The first-order valence-corrected chi connectivity index (χ1v) is 11.1. The van der Waals surface area contributed by atoms with Crippen LogP contribution < -0.4 is 15.1 Å². The van der Waals surface area contributed by atoms with E-state index in [2.05, 4.69) is 9.88 Å². The van der Waals surface area contributed by atoms with Gasteiger partial charge in [-0.2, -0.15) is 0 Å². The zero-order valence-electron chi connectivity index (χ0n) is 19.3. The Morgan fingerprint density at radius 1 is 1.18 bits per heavy atom. The van der Waals surface area contributed by atoms with Crippen molar-refractivity contribution in [3.8, 4) is 5.75 Å². The van der Waals surface area contributed by atoms with Gasteiger partial charge in [-0.3, -0.25) is 4.79 Å². The van der Waals surface area contributed by atoms with Crippen LogP contribution in [0.25, 0.3) is 0 Å². The van der Waals surface area contributed by atoms with E-state index in [1.165, 1.54) is 7.05 Å². The smallest absolute Gasteiger partial charge is 0.228 e. The number of nitrogens with one attached hydrogen (secondary N) is 1. The number of anilines is 1. The van der Waals surface area contributed by atoms with Crippen LogP contribution in [0.4, 0.5) is 5.82 Å². The Kier molecular flexibility index (Phi) is 11.3. The van der Waals surface area contributed by atoms with E-state index in [9.17, 15) is 14.7 Å². The monoisotopic (exact) mass is 458 g/mol. The molecule has 0 bridgehead atoms. The van der Waals surface area contributed by atoms with Crippen molar-refractivity contribution in [1.82, 2.24) is 15.4 Å². The maximum absolute atomic E-state index is 13.0. The molecule has 3 rings (SSSR count). The third-order valence-corrected chi connectivity index (χ3v) is 5.57. The molecule has 1 aromatic heterocycles. The van der Waals surface area contributed by atoms with Crippen LogP contribution in [0.5, 0.6) is 5.75 Å². The second-order valence-electron chi connectivity index (χ2n) is 7.70. The number of amides is 1. The summed E-state index contributed by atoms with van der Waals surface area (Å²) in [5.74, 6) is 0.841. The third kappa shape index (κ3) is 8.12. The van der Waals surface area contributed by atoms with Gasteiger partial charge in [0.05, 0.1) is 13.0 Å². The quantitative estimate of drug-likeness (QED) is 0.383. The molecule has 0 aliphatic carbocycles. The lowest BCUT2D eigenvalue weighted by Gasteiger charge is -2.37. The number of rotatable bonds is 9. The van der Waals surface area contributed by atoms with Gasteiger partial charge in [-0.25, -0.2) is 10.5 Å². The van der Waals surface area contributed by atoms with E-state index in [1.54, 1.807) is 23.7 Å². The molecule has 3 N–H and O–H groups in total. The van der Waals surface area contributed by atoms with Crippen LogP contribution in [0.1, 0.15) is 18.4 Å². The van der Waals surface area contributed by atoms with Crippen molar-refractivity contribution in [1.29, 1.82) is 0 Å². The maximum Gasteiger partial charge on any atom is 0.228 e. The van der Waals surface area contributed by atoms with Crippen molar-refractivity contribution in [3.05, 3.63) is 54.2 Å². The minimum atomic E-state index is -1.28. The molecule has 2 heterocycles. The van der Waals surface area contributed by atoms with Gasteiger partial charge in [-0.1, -0.05) is 18.2 Å². The lowest BCUT2D eigenvalue weighted by molar-refractivity contribution is -0.142. The molecule has 2 atom stereocenters. The number of pyridine rings is 1. The first-order chi connectivity index (χ1) is 16.0.